The fraction of sp³-hybridized carbons (Fsp3) is 0.263. The minimum absolute atomic E-state index is 0.0967. The van der Waals surface area contributed by atoms with Gasteiger partial charge in [-0.1, -0.05) is 12.1 Å². The highest BCUT2D eigenvalue weighted by Crippen LogP contribution is 2.22. The van der Waals surface area contributed by atoms with E-state index in [4.69, 9.17) is 9.47 Å². The Kier molecular flexibility index (Phi) is 5.46. The Morgan fingerprint density at radius 3 is 2.19 bits per heavy atom. The Balaban J connectivity index is 1.59. The van der Waals surface area contributed by atoms with Crippen molar-refractivity contribution < 1.29 is 27.8 Å². The first kappa shape index (κ1) is 17.8. The standard InChI is InChI=1S/C19H17F2NO4/c20-14-5-1-7-16(10-14)25-18(23)13-4-3-9-22(12-13)19(24)26-17-8-2-6-15(21)11-17/h1-2,5-8,10-11,13H,3-4,9,12H2/t13-/m1/s1. The largest absolute Gasteiger partial charge is 0.426 e. The van der Waals surface area contributed by atoms with Gasteiger partial charge in [0.2, 0.25) is 0 Å². The molecule has 1 saturated heterocycles. The van der Waals surface area contributed by atoms with Crippen LogP contribution in [0, 0.1) is 17.6 Å². The van der Waals surface area contributed by atoms with E-state index in [-0.39, 0.29) is 18.0 Å². The highest BCUT2D eigenvalue weighted by molar-refractivity contribution is 5.77. The molecule has 0 unspecified atom stereocenters. The van der Waals surface area contributed by atoms with Crippen LogP contribution in [0.5, 0.6) is 11.5 Å². The number of carbonyl (C=O) groups is 2. The third kappa shape index (κ3) is 4.56. The molecular weight excluding hydrogens is 344 g/mol. The van der Waals surface area contributed by atoms with Gasteiger partial charge in [-0.15, -0.1) is 0 Å². The number of benzene rings is 2. The van der Waals surface area contributed by atoms with Gasteiger partial charge in [0, 0.05) is 25.2 Å². The molecule has 136 valence electrons. The predicted octanol–water partition coefficient (Wildman–Crippen LogP) is 3.78. The van der Waals surface area contributed by atoms with Crippen molar-refractivity contribution in [1.82, 2.24) is 4.90 Å². The number of rotatable bonds is 3. The lowest BCUT2D eigenvalue weighted by Gasteiger charge is -2.30. The van der Waals surface area contributed by atoms with Gasteiger partial charge in [0.1, 0.15) is 23.1 Å². The number of esters is 1. The molecule has 2 aromatic rings. The Morgan fingerprint density at radius 2 is 1.58 bits per heavy atom. The second kappa shape index (κ2) is 7.95. The lowest BCUT2D eigenvalue weighted by atomic mass is 9.98. The summed E-state index contributed by atoms with van der Waals surface area (Å²) < 4.78 is 36.7. The van der Waals surface area contributed by atoms with Gasteiger partial charge in [0.05, 0.1) is 5.92 Å². The minimum atomic E-state index is -0.654. The van der Waals surface area contributed by atoms with Gasteiger partial charge in [0.25, 0.3) is 0 Å². The van der Waals surface area contributed by atoms with Crippen LogP contribution in [0.3, 0.4) is 0 Å². The Bertz CT molecular complexity index is 746. The molecule has 1 aliphatic heterocycles. The molecule has 26 heavy (non-hydrogen) atoms. The first-order valence-corrected chi connectivity index (χ1v) is 8.21. The van der Waals surface area contributed by atoms with E-state index >= 15 is 0 Å². The molecule has 1 aliphatic rings. The van der Waals surface area contributed by atoms with E-state index in [0.29, 0.717) is 19.4 Å². The van der Waals surface area contributed by atoms with Gasteiger partial charge in [0.15, 0.2) is 0 Å². The Hall–Kier alpha value is -2.96. The predicted molar refractivity (Wildman–Crippen MR) is 88.8 cm³/mol. The first-order valence-electron chi connectivity index (χ1n) is 8.21. The molecule has 0 bridgehead atoms. The highest BCUT2D eigenvalue weighted by Gasteiger charge is 2.31. The van der Waals surface area contributed by atoms with Crippen molar-refractivity contribution in [2.75, 3.05) is 13.1 Å². The fourth-order valence-electron chi connectivity index (χ4n) is 2.76. The maximum atomic E-state index is 13.2. The number of piperidine rings is 1. The molecule has 0 aromatic heterocycles. The fourth-order valence-corrected chi connectivity index (χ4v) is 2.76. The number of carbonyl (C=O) groups excluding carboxylic acids is 2. The topological polar surface area (TPSA) is 55.8 Å². The van der Waals surface area contributed by atoms with Gasteiger partial charge >= 0.3 is 12.1 Å². The van der Waals surface area contributed by atoms with Crippen molar-refractivity contribution in [1.29, 1.82) is 0 Å². The summed E-state index contributed by atoms with van der Waals surface area (Å²) >= 11 is 0. The molecule has 2 aromatic carbocycles. The van der Waals surface area contributed by atoms with E-state index in [1.807, 2.05) is 0 Å². The van der Waals surface area contributed by atoms with E-state index in [1.165, 1.54) is 41.3 Å². The van der Waals surface area contributed by atoms with E-state index in [9.17, 15) is 18.4 Å². The molecule has 5 nitrogen and oxygen atoms in total. The van der Waals surface area contributed by atoms with Gasteiger partial charge in [-0.3, -0.25) is 4.79 Å². The van der Waals surface area contributed by atoms with E-state index in [1.54, 1.807) is 0 Å². The number of amides is 1. The molecule has 0 aliphatic carbocycles. The summed E-state index contributed by atoms with van der Waals surface area (Å²) in [7, 11) is 0. The zero-order valence-corrected chi connectivity index (χ0v) is 13.9. The molecular formula is C19H17F2NO4. The molecule has 0 radical (unpaired) electrons. The van der Waals surface area contributed by atoms with Gasteiger partial charge < -0.3 is 14.4 Å². The molecule has 0 saturated carbocycles. The number of nitrogens with zero attached hydrogens (tertiary/aromatic N) is 1. The Morgan fingerprint density at radius 1 is 0.962 bits per heavy atom. The van der Waals surface area contributed by atoms with Crippen molar-refractivity contribution >= 4 is 12.1 Å². The summed E-state index contributed by atoms with van der Waals surface area (Å²) in [5.74, 6) is -1.86. The van der Waals surface area contributed by atoms with Crippen LogP contribution in [0.15, 0.2) is 48.5 Å². The lowest BCUT2D eigenvalue weighted by molar-refractivity contribution is -0.140. The van der Waals surface area contributed by atoms with Crippen LogP contribution in [-0.4, -0.2) is 30.1 Å². The zero-order valence-electron chi connectivity index (χ0n) is 13.9. The molecule has 0 spiro atoms. The molecule has 0 N–H and O–H groups in total. The van der Waals surface area contributed by atoms with Crippen LogP contribution in [0.2, 0.25) is 0 Å². The van der Waals surface area contributed by atoms with Crippen molar-refractivity contribution in [2.24, 2.45) is 5.92 Å². The number of ether oxygens (including phenoxy) is 2. The van der Waals surface area contributed by atoms with Gasteiger partial charge in [-0.25, -0.2) is 13.6 Å². The number of halogens is 2. The molecule has 1 heterocycles. The average Bonchev–Trinajstić information content (AvgIpc) is 2.62. The summed E-state index contributed by atoms with van der Waals surface area (Å²) in [5, 5.41) is 0. The molecule has 3 rings (SSSR count). The van der Waals surface area contributed by atoms with Crippen molar-refractivity contribution in [3.63, 3.8) is 0 Å². The summed E-state index contributed by atoms with van der Waals surface area (Å²) in [6.07, 6.45) is 0.498. The minimum Gasteiger partial charge on any atom is -0.426 e. The van der Waals surface area contributed by atoms with Crippen molar-refractivity contribution in [2.45, 2.75) is 12.8 Å². The smallest absolute Gasteiger partial charge is 0.415 e. The number of likely N-dealkylation sites (tertiary alicyclic amines) is 1. The maximum Gasteiger partial charge on any atom is 0.415 e. The molecule has 1 atom stereocenters. The van der Waals surface area contributed by atoms with Crippen molar-refractivity contribution in [3.05, 3.63) is 60.2 Å². The lowest BCUT2D eigenvalue weighted by Crippen LogP contribution is -2.44. The summed E-state index contributed by atoms with van der Waals surface area (Å²) in [6.45, 7) is 0.556. The summed E-state index contributed by atoms with van der Waals surface area (Å²) in [6, 6.07) is 10.6. The number of hydrogen-bond acceptors (Lipinski definition) is 4. The zero-order chi connectivity index (χ0) is 18.5. The van der Waals surface area contributed by atoms with Crippen LogP contribution in [0.4, 0.5) is 13.6 Å². The maximum absolute atomic E-state index is 13.2. The molecule has 1 amide bonds. The second-order valence-corrected chi connectivity index (χ2v) is 5.99. The van der Waals surface area contributed by atoms with Crippen LogP contribution in [0.25, 0.3) is 0 Å². The monoisotopic (exact) mass is 361 g/mol. The normalized spacial score (nSPS) is 16.8. The van der Waals surface area contributed by atoms with E-state index in [0.717, 1.165) is 12.1 Å². The van der Waals surface area contributed by atoms with Crippen LogP contribution < -0.4 is 9.47 Å². The van der Waals surface area contributed by atoms with Crippen LogP contribution in [-0.2, 0) is 4.79 Å². The Labute approximate surface area is 149 Å². The van der Waals surface area contributed by atoms with Crippen molar-refractivity contribution in [3.8, 4) is 11.5 Å². The molecule has 1 fully saturated rings. The van der Waals surface area contributed by atoms with E-state index < -0.39 is 29.6 Å². The van der Waals surface area contributed by atoms with Crippen LogP contribution in [0.1, 0.15) is 12.8 Å². The second-order valence-electron chi connectivity index (χ2n) is 5.99. The van der Waals surface area contributed by atoms with Crippen LogP contribution >= 0.6 is 0 Å². The third-order valence-electron chi connectivity index (χ3n) is 4.03. The average molecular weight is 361 g/mol. The quantitative estimate of drug-likeness (QED) is 0.617. The summed E-state index contributed by atoms with van der Waals surface area (Å²) in [4.78, 5) is 25.9. The first-order chi connectivity index (χ1) is 12.5. The SMILES string of the molecule is O=C(Oc1cccc(F)c1)[C@@H]1CCCN(C(=O)Oc2cccc(F)c2)C1. The van der Waals surface area contributed by atoms with Gasteiger partial charge in [-0.2, -0.15) is 0 Å². The number of hydrogen-bond donors (Lipinski definition) is 0. The highest BCUT2D eigenvalue weighted by atomic mass is 19.1. The summed E-state index contributed by atoms with van der Waals surface area (Å²) in [5.41, 5.74) is 0. The third-order valence-corrected chi connectivity index (χ3v) is 4.03. The van der Waals surface area contributed by atoms with E-state index in [2.05, 4.69) is 0 Å². The van der Waals surface area contributed by atoms with Gasteiger partial charge in [-0.05, 0) is 37.1 Å². The molecule has 7 heteroatoms.